The number of amides is 1. The van der Waals surface area contributed by atoms with Crippen molar-refractivity contribution in [2.45, 2.75) is 26.0 Å². The molecule has 1 atom stereocenters. The average Bonchev–Trinajstić information content (AvgIpc) is 3.36. The fourth-order valence-corrected chi connectivity index (χ4v) is 3.91. The van der Waals surface area contributed by atoms with E-state index in [1.807, 2.05) is 28.8 Å². The van der Waals surface area contributed by atoms with Gasteiger partial charge in [0.25, 0.3) is 0 Å². The van der Waals surface area contributed by atoms with Crippen LogP contribution in [0.25, 0.3) is 22.3 Å². The van der Waals surface area contributed by atoms with Crippen molar-refractivity contribution < 1.29 is 9.53 Å². The first-order chi connectivity index (χ1) is 14.7. The summed E-state index contributed by atoms with van der Waals surface area (Å²) in [5, 5.41) is 3.00. The lowest BCUT2D eigenvalue weighted by molar-refractivity contribution is -0.121. The summed E-state index contributed by atoms with van der Waals surface area (Å²) in [4.78, 5) is 25.4. The van der Waals surface area contributed by atoms with Crippen LogP contribution in [0.15, 0.2) is 61.3 Å². The Morgan fingerprint density at radius 2 is 2.13 bits per heavy atom. The number of imidazole rings is 1. The monoisotopic (exact) mass is 399 g/mol. The highest BCUT2D eigenvalue weighted by atomic mass is 16.5. The molecule has 0 aliphatic carbocycles. The molecule has 30 heavy (non-hydrogen) atoms. The van der Waals surface area contributed by atoms with E-state index < -0.39 is 0 Å². The van der Waals surface area contributed by atoms with Crippen molar-refractivity contribution in [1.29, 1.82) is 0 Å². The molecule has 1 aliphatic rings. The Labute approximate surface area is 173 Å². The van der Waals surface area contributed by atoms with Crippen LogP contribution in [0.2, 0.25) is 0 Å². The molecule has 5 rings (SSSR count). The molecule has 0 fully saturated rings. The summed E-state index contributed by atoms with van der Waals surface area (Å²) in [5.74, 6) is 0.768. The largest absolute Gasteiger partial charge is 0.487 e. The number of para-hydroxylation sites is 2. The maximum Gasteiger partial charge on any atom is 0.240 e. The maximum absolute atomic E-state index is 12.5. The lowest BCUT2D eigenvalue weighted by Crippen LogP contribution is -2.36. The minimum Gasteiger partial charge on any atom is -0.487 e. The minimum absolute atomic E-state index is 0.0666. The van der Waals surface area contributed by atoms with Gasteiger partial charge in [-0.15, -0.1) is 0 Å². The number of aryl methyl sites for hydroxylation is 1. The molecule has 7 heteroatoms. The molecule has 3 heterocycles. The number of fused-ring (bicyclic) bond motifs is 2. The third kappa shape index (κ3) is 3.50. The van der Waals surface area contributed by atoms with Gasteiger partial charge < -0.3 is 14.6 Å². The maximum atomic E-state index is 12.5. The smallest absolute Gasteiger partial charge is 0.240 e. The van der Waals surface area contributed by atoms with E-state index in [4.69, 9.17) is 4.74 Å². The van der Waals surface area contributed by atoms with Crippen LogP contribution in [0.4, 0.5) is 0 Å². The molecule has 4 aromatic rings. The first-order valence-corrected chi connectivity index (χ1v) is 9.90. The van der Waals surface area contributed by atoms with Gasteiger partial charge in [-0.1, -0.05) is 18.2 Å². The van der Waals surface area contributed by atoms with E-state index in [1.54, 1.807) is 24.9 Å². The fourth-order valence-electron chi connectivity index (χ4n) is 3.91. The van der Waals surface area contributed by atoms with Gasteiger partial charge >= 0.3 is 0 Å². The summed E-state index contributed by atoms with van der Waals surface area (Å²) in [6.45, 7) is 2.73. The van der Waals surface area contributed by atoms with E-state index >= 15 is 0 Å². The van der Waals surface area contributed by atoms with Gasteiger partial charge in [-0.3, -0.25) is 14.8 Å². The Morgan fingerprint density at radius 3 is 3.00 bits per heavy atom. The number of benzene rings is 2. The van der Waals surface area contributed by atoms with Crippen molar-refractivity contribution in [2.24, 2.45) is 0 Å². The Hall–Kier alpha value is -3.74. The number of hydrogen-bond donors (Lipinski definition) is 1. The highest BCUT2D eigenvalue weighted by Crippen LogP contribution is 2.38. The van der Waals surface area contributed by atoms with E-state index in [9.17, 15) is 4.79 Å². The molecule has 0 bridgehead atoms. The van der Waals surface area contributed by atoms with Crippen molar-refractivity contribution >= 4 is 16.9 Å². The normalized spacial score (nSPS) is 15.0. The summed E-state index contributed by atoms with van der Waals surface area (Å²) in [7, 11) is 0. The van der Waals surface area contributed by atoms with Gasteiger partial charge in [0, 0.05) is 24.4 Å². The highest BCUT2D eigenvalue weighted by molar-refractivity contribution is 5.80. The van der Waals surface area contributed by atoms with Crippen molar-refractivity contribution in [3.63, 3.8) is 0 Å². The molecule has 2 aromatic carbocycles. The number of aromatic nitrogens is 4. The number of rotatable bonds is 5. The van der Waals surface area contributed by atoms with Crippen molar-refractivity contribution in [3.8, 4) is 17.0 Å². The minimum atomic E-state index is -0.110. The van der Waals surface area contributed by atoms with Gasteiger partial charge in [0.05, 0.1) is 35.8 Å². The van der Waals surface area contributed by atoms with Gasteiger partial charge in [0.2, 0.25) is 5.91 Å². The molecule has 0 unspecified atom stereocenters. The summed E-state index contributed by atoms with van der Waals surface area (Å²) >= 11 is 0. The molecule has 0 saturated heterocycles. The summed E-state index contributed by atoms with van der Waals surface area (Å²) < 4.78 is 8.05. The van der Waals surface area contributed by atoms with Crippen LogP contribution in [0.5, 0.6) is 5.75 Å². The number of ether oxygens (including phenoxy) is 1. The number of carbonyl (C=O) groups excluding carboxylic acids is 1. The third-order valence-corrected chi connectivity index (χ3v) is 5.25. The molecule has 0 radical (unpaired) electrons. The Kier molecular flexibility index (Phi) is 4.63. The summed E-state index contributed by atoms with van der Waals surface area (Å²) in [5.41, 5.74) is 5.84. The second-order valence-electron chi connectivity index (χ2n) is 7.50. The van der Waals surface area contributed by atoms with Crippen molar-refractivity contribution in [3.05, 3.63) is 72.4 Å². The lowest BCUT2D eigenvalue weighted by Gasteiger charge is -2.14. The molecule has 1 N–H and O–H groups in total. The van der Waals surface area contributed by atoms with Crippen LogP contribution in [-0.4, -0.2) is 38.1 Å². The third-order valence-electron chi connectivity index (χ3n) is 5.25. The van der Waals surface area contributed by atoms with E-state index in [0.29, 0.717) is 6.54 Å². The zero-order chi connectivity index (χ0) is 20.5. The van der Waals surface area contributed by atoms with Crippen molar-refractivity contribution in [2.75, 3.05) is 6.54 Å². The molecule has 1 aliphatic heterocycles. The van der Waals surface area contributed by atoms with Crippen LogP contribution in [0.3, 0.4) is 0 Å². The zero-order valence-corrected chi connectivity index (χ0v) is 16.6. The molecule has 2 aromatic heterocycles. The number of carbonyl (C=O) groups is 1. The first kappa shape index (κ1) is 18.3. The zero-order valence-electron chi connectivity index (χ0n) is 16.6. The SMILES string of the molecule is Cc1cc2c(c(-c3cnccn3)c1)O[C@@H](CNC(=O)Cn1cnc3ccccc31)C2. The Balaban J connectivity index is 1.26. The predicted molar refractivity (Wildman–Crippen MR) is 113 cm³/mol. The van der Waals surface area contributed by atoms with Gasteiger partial charge in [0.15, 0.2) is 0 Å². The molecule has 0 saturated carbocycles. The molecule has 0 spiro atoms. The summed E-state index contributed by atoms with van der Waals surface area (Å²) in [6.07, 6.45) is 7.41. The summed E-state index contributed by atoms with van der Waals surface area (Å²) in [6, 6.07) is 12.0. The van der Waals surface area contributed by atoms with E-state index in [-0.39, 0.29) is 18.6 Å². The number of nitrogens with one attached hydrogen (secondary N) is 1. The standard InChI is InChI=1S/C23H21N5O2/c1-15-8-16-10-17(30-23(16)18(9-15)20-12-24-6-7-25-20)11-26-22(29)13-28-14-27-19-4-2-3-5-21(19)28/h2-9,12,14,17H,10-11,13H2,1H3,(H,26,29)/t17-/m1/s1. The fraction of sp³-hybridized carbons (Fsp3) is 0.217. The van der Waals surface area contributed by atoms with Crippen LogP contribution >= 0.6 is 0 Å². The van der Waals surface area contributed by atoms with E-state index in [0.717, 1.165) is 45.6 Å². The van der Waals surface area contributed by atoms with Crippen LogP contribution < -0.4 is 10.1 Å². The lowest BCUT2D eigenvalue weighted by atomic mass is 10.0. The highest BCUT2D eigenvalue weighted by Gasteiger charge is 2.27. The van der Waals surface area contributed by atoms with Crippen molar-refractivity contribution in [1.82, 2.24) is 24.8 Å². The first-order valence-electron chi connectivity index (χ1n) is 9.90. The predicted octanol–water partition coefficient (Wildman–Crippen LogP) is 2.92. The van der Waals surface area contributed by atoms with Gasteiger partial charge in [0.1, 0.15) is 18.4 Å². The van der Waals surface area contributed by atoms with Crippen LogP contribution in [0, 0.1) is 6.92 Å². The van der Waals surface area contributed by atoms with Crippen LogP contribution in [-0.2, 0) is 17.8 Å². The van der Waals surface area contributed by atoms with E-state index in [1.165, 1.54) is 0 Å². The average molecular weight is 399 g/mol. The topological polar surface area (TPSA) is 81.9 Å². The van der Waals surface area contributed by atoms with Gasteiger partial charge in [-0.2, -0.15) is 0 Å². The molecule has 1 amide bonds. The Morgan fingerprint density at radius 1 is 1.23 bits per heavy atom. The molecule has 150 valence electrons. The van der Waals surface area contributed by atoms with E-state index in [2.05, 4.69) is 39.3 Å². The van der Waals surface area contributed by atoms with Gasteiger partial charge in [-0.25, -0.2) is 4.98 Å². The van der Waals surface area contributed by atoms with Crippen LogP contribution in [0.1, 0.15) is 11.1 Å². The number of nitrogens with zero attached hydrogens (tertiary/aromatic N) is 4. The number of hydrogen-bond acceptors (Lipinski definition) is 5. The van der Waals surface area contributed by atoms with Gasteiger partial charge in [-0.05, 0) is 36.2 Å². The molecular formula is C23H21N5O2. The second-order valence-corrected chi connectivity index (χ2v) is 7.50. The molecule has 7 nitrogen and oxygen atoms in total. The second kappa shape index (κ2) is 7.59. The molecular weight excluding hydrogens is 378 g/mol. The Bertz CT molecular complexity index is 1220. The quantitative estimate of drug-likeness (QED) is 0.558.